The molecule has 5 rings (SSSR count). The number of aliphatic hydroxyl groups is 1. The number of carboxylic acid groups (broad SMARTS) is 1. The van der Waals surface area contributed by atoms with Crippen LogP contribution >= 0.6 is 0 Å². The maximum absolute atomic E-state index is 12.6. The Bertz CT molecular complexity index is 934. The molecular weight excluding hydrogens is 424 g/mol. The van der Waals surface area contributed by atoms with Crippen molar-refractivity contribution >= 4 is 11.8 Å². The van der Waals surface area contributed by atoms with Crippen molar-refractivity contribution < 1.29 is 19.8 Å². The zero-order chi connectivity index (χ0) is 24.9. The number of ketones is 1. The lowest BCUT2D eigenvalue weighted by Crippen LogP contribution is -2.57. The fraction of sp³-hybridized carbons (Fsp3) is 0.867. The molecule has 0 amide bonds. The number of rotatable bonds is 5. The van der Waals surface area contributed by atoms with Crippen LogP contribution in [0.4, 0.5) is 0 Å². The van der Waals surface area contributed by atoms with E-state index < -0.39 is 5.97 Å². The van der Waals surface area contributed by atoms with Gasteiger partial charge in [-0.1, -0.05) is 34.6 Å². The van der Waals surface area contributed by atoms with Crippen LogP contribution in [-0.2, 0) is 9.59 Å². The average molecular weight is 471 g/mol. The van der Waals surface area contributed by atoms with Gasteiger partial charge in [-0.2, -0.15) is 0 Å². The molecule has 5 fully saturated rings. The number of hydrogen-bond acceptors (Lipinski definition) is 3. The molecule has 34 heavy (non-hydrogen) atoms. The SMILES string of the molecule is C/C(=C/C(=O)C[C@@H](C)[C@H]1CC[C@@]2(C)[C@@H]3CC[C@H]4C(C)(C)[C@H](O)CC[C@@]45C[C@@]35CC[C@]12C)C(=O)O. The van der Waals surface area contributed by atoms with Gasteiger partial charge in [0.1, 0.15) is 0 Å². The largest absolute Gasteiger partial charge is 0.478 e. The molecule has 0 aromatic heterocycles. The van der Waals surface area contributed by atoms with Crippen LogP contribution in [0.1, 0.15) is 106 Å². The summed E-state index contributed by atoms with van der Waals surface area (Å²) in [4.78, 5) is 23.8. The topological polar surface area (TPSA) is 74.6 Å². The second-order valence-corrected chi connectivity index (χ2v) is 14.3. The van der Waals surface area contributed by atoms with Crippen molar-refractivity contribution in [3.05, 3.63) is 11.6 Å². The van der Waals surface area contributed by atoms with E-state index in [2.05, 4.69) is 34.6 Å². The van der Waals surface area contributed by atoms with Gasteiger partial charge < -0.3 is 10.2 Å². The maximum Gasteiger partial charge on any atom is 0.331 e. The van der Waals surface area contributed by atoms with Gasteiger partial charge in [0, 0.05) is 12.0 Å². The Hall–Kier alpha value is -1.16. The third-order valence-corrected chi connectivity index (χ3v) is 13.1. The molecule has 0 aliphatic heterocycles. The van der Waals surface area contributed by atoms with Crippen molar-refractivity contribution in [3.8, 4) is 0 Å². The van der Waals surface area contributed by atoms with Crippen LogP contribution in [0.15, 0.2) is 11.6 Å². The first kappa shape index (κ1) is 24.5. The van der Waals surface area contributed by atoms with Crippen molar-refractivity contribution in [2.75, 3.05) is 0 Å². The van der Waals surface area contributed by atoms with Crippen LogP contribution in [-0.4, -0.2) is 28.1 Å². The van der Waals surface area contributed by atoms with Crippen molar-refractivity contribution in [2.24, 2.45) is 50.7 Å². The van der Waals surface area contributed by atoms with Crippen LogP contribution in [0.2, 0.25) is 0 Å². The fourth-order valence-electron chi connectivity index (χ4n) is 11.1. The Morgan fingerprint density at radius 2 is 1.56 bits per heavy atom. The van der Waals surface area contributed by atoms with Gasteiger partial charge in [-0.25, -0.2) is 4.79 Å². The number of carbonyl (C=O) groups is 2. The molecule has 5 aliphatic carbocycles. The predicted molar refractivity (Wildman–Crippen MR) is 133 cm³/mol. The summed E-state index contributed by atoms with van der Waals surface area (Å²) in [6.45, 7) is 13.5. The van der Waals surface area contributed by atoms with Gasteiger partial charge in [0.05, 0.1) is 6.10 Å². The highest BCUT2D eigenvalue weighted by Crippen LogP contribution is 2.89. The third kappa shape index (κ3) is 2.93. The summed E-state index contributed by atoms with van der Waals surface area (Å²) >= 11 is 0. The second kappa shape index (κ2) is 7.43. The van der Waals surface area contributed by atoms with Crippen LogP contribution in [0.5, 0.6) is 0 Å². The molecule has 0 radical (unpaired) electrons. The molecule has 0 bridgehead atoms. The molecule has 0 aromatic rings. The summed E-state index contributed by atoms with van der Waals surface area (Å²) in [5, 5.41) is 20.0. The van der Waals surface area contributed by atoms with Crippen molar-refractivity contribution in [1.82, 2.24) is 0 Å². The highest BCUT2D eigenvalue weighted by molar-refractivity contribution is 5.98. The van der Waals surface area contributed by atoms with Crippen LogP contribution < -0.4 is 0 Å². The summed E-state index contributed by atoms with van der Waals surface area (Å²) in [6, 6.07) is 0. The minimum atomic E-state index is -1.01. The smallest absolute Gasteiger partial charge is 0.331 e. The Labute approximate surface area is 206 Å². The summed E-state index contributed by atoms with van der Waals surface area (Å²) in [7, 11) is 0. The van der Waals surface area contributed by atoms with Crippen molar-refractivity contribution in [3.63, 3.8) is 0 Å². The number of fused-ring (bicyclic) bond motifs is 2. The van der Waals surface area contributed by atoms with Crippen molar-refractivity contribution in [1.29, 1.82) is 0 Å². The second-order valence-electron chi connectivity index (χ2n) is 14.3. The first-order chi connectivity index (χ1) is 15.8. The maximum atomic E-state index is 12.6. The molecule has 4 heteroatoms. The van der Waals surface area contributed by atoms with E-state index in [1.165, 1.54) is 64.4 Å². The zero-order valence-electron chi connectivity index (χ0n) is 22.2. The van der Waals surface area contributed by atoms with Crippen LogP contribution in [0.25, 0.3) is 0 Å². The molecular formula is C30H46O4. The molecule has 0 unspecified atom stereocenters. The summed E-state index contributed by atoms with van der Waals surface area (Å²) in [6.07, 6.45) is 12.8. The number of carboxylic acids is 1. The third-order valence-electron chi connectivity index (χ3n) is 13.1. The molecule has 0 saturated heterocycles. The monoisotopic (exact) mass is 470 g/mol. The first-order valence-corrected chi connectivity index (χ1v) is 13.9. The van der Waals surface area contributed by atoms with E-state index in [1.807, 2.05) is 0 Å². The number of aliphatic carboxylic acids is 1. The van der Waals surface area contributed by atoms with E-state index in [0.717, 1.165) is 12.3 Å². The quantitative estimate of drug-likeness (QED) is 0.455. The number of aliphatic hydroxyl groups excluding tert-OH is 1. The lowest BCUT2D eigenvalue weighted by molar-refractivity contribution is -0.161. The van der Waals surface area contributed by atoms with Gasteiger partial charge in [-0.3, -0.25) is 4.79 Å². The van der Waals surface area contributed by atoms with Gasteiger partial charge >= 0.3 is 5.97 Å². The number of allylic oxidation sites excluding steroid dienone is 1. The molecule has 0 heterocycles. The predicted octanol–water partition coefficient (Wildman–Crippen LogP) is 6.41. The highest BCUT2D eigenvalue weighted by Gasteiger charge is 2.82. The van der Waals surface area contributed by atoms with Crippen molar-refractivity contribution in [2.45, 2.75) is 112 Å². The Kier molecular flexibility index (Phi) is 5.36. The van der Waals surface area contributed by atoms with E-state index in [0.29, 0.717) is 34.5 Å². The molecule has 0 aromatic carbocycles. The summed E-state index contributed by atoms with van der Waals surface area (Å²) in [5.41, 5.74) is 1.67. The van der Waals surface area contributed by atoms with Gasteiger partial charge in [-0.15, -0.1) is 0 Å². The van der Waals surface area contributed by atoms with Gasteiger partial charge in [0.15, 0.2) is 5.78 Å². The van der Waals surface area contributed by atoms with E-state index in [4.69, 9.17) is 5.11 Å². The first-order valence-electron chi connectivity index (χ1n) is 13.9. The molecule has 5 saturated carbocycles. The lowest BCUT2D eigenvalue weighted by atomic mass is 9.41. The normalized spacial score (nSPS) is 49.8. The van der Waals surface area contributed by atoms with Crippen LogP contribution in [0, 0.1) is 50.7 Å². The number of hydrogen-bond donors (Lipinski definition) is 2. The Morgan fingerprint density at radius 1 is 0.912 bits per heavy atom. The number of carbonyl (C=O) groups excluding carboxylic acids is 1. The standard InChI is InChI=1S/C30H46O4/c1-18(15-20(31)16-19(2)25(33)34)21-9-11-28(6)23-8-7-22-26(3,4)24(32)10-12-29(22)17-30(23,29)14-13-27(21,28)5/h16,18,21-24,32H,7-15,17H2,1-6H3,(H,33,34)/b19-16-/t18-,21-,22+,23+,24-,27-,28+,29-,30+/m1/s1. The van der Waals surface area contributed by atoms with E-state index in [1.54, 1.807) is 0 Å². The van der Waals surface area contributed by atoms with Gasteiger partial charge in [0.25, 0.3) is 0 Å². The molecule has 2 N–H and O–H groups in total. The Balaban J connectivity index is 1.38. The minimum Gasteiger partial charge on any atom is -0.478 e. The van der Waals surface area contributed by atoms with Gasteiger partial charge in [-0.05, 0) is 122 Å². The molecule has 190 valence electrons. The summed E-state index contributed by atoms with van der Waals surface area (Å²) in [5.74, 6) is 1.18. The van der Waals surface area contributed by atoms with E-state index in [9.17, 15) is 14.7 Å². The fourth-order valence-corrected chi connectivity index (χ4v) is 11.1. The highest BCUT2D eigenvalue weighted by atomic mass is 16.4. The van der Waals surface area contributed by atoms with E-state index in [-0.39, 0.29) is 34.2 Å². The lowest BCUT2D eigenvalue weighted by Gasteiger charge is -2.63. The van der Waals surface area contributed by atoms with E-state index >= 15 is 0 Å². The average Bonchev–Trinajstić information content (AvgIpc) is 3.33. The molecule has 4 nitrogen and oxygen atoms in total. The Morgan fingerprint density at radius 3 is 2.24 bits per heavy atom. The van der Waals surface area contributed by atoms with Crippen LogP contribution in [0.3, 0.4) is 0 Å². The van der Waals surface area contributed by atoms with Gasteiger partial charge in [0.2, 0.25) is 0 Å². The summed E-state index contributed by atoms with van der Waals surface area (Å²) < 4.78 is 0. The molecule has 2 spiro atoms. The molecule has 5 aliphatic rings. The zero-order valence-corrected chi connectivity index (χ0v) is 22.2. The minimum absolute atomic E-state index is 0.0308. The molecule has 9 atom stereocenters.